The highest BCUT2D eigenvalue weighted by Gasteiger charge is 2.20. The average molecular weight is 202 g/mol. The van der Waals surface area contributed by atoms with E-state index in [2.05, 4.69) is 4.98 Å². The summed E-state index contributed by atoms with van der Waals surface area (Å²) in [7, 11) is 0. The minimum absolute atomic E-state index is 0.742. The number of nitrogen functional groups attached to an aromatic ring is 1. The van der Waals surface area contributed by atoms with Gasteiger partial charge >= 0.3 is 0 Å². The lowest BCUT2D eigenvalue weighted by atomic mass is 9.83. The Labute approximate surface area is 88.3 Å². The lowest BCUT2D eigenvalue weighted by molar-refractivity contribution is 0.293. The molecule has 2 N–H and O–H groups in total. The van der Waals surface area contributed by atoms with Crippen molar-refractivity contribution >= 4 is 16.8 Å². The molecule has 0 radical (unpaired) electrons. The number of hydrogen-bond donors (Lipinski definition) is 1. The maximum absolute atomic E-state index is 5.69. The van der Waals surface area contributed by atoms with Crippen LogP contribution in [-0.2, 0) is 6.42 Å². The molecular formula is C12H14N2O. The number of hydrogen-bond acceptors (Lipinski definition) is 3. The maximum atomic E-state index is 5.69. The fourth-order valence-electron chi connectivity index (χ4n) is 2.02. The van der Waals surface area contributed by atoms with Gasteiger partial charge in [-0.25, -0.2) is 4.98 Å². The van der Waals surface area contributed by atoms with Crippen LogP contribution in [0.5, 0.6) is 0 Å². The Morgan fingerprint density at radius 1 is 1.40 bits per heavy atom. The van der Waals surface area contributed by atoms with Crippen molar-refractivity contribution in [3.63, 3.8) is 0 Å². The first-order chi connectivity index (χ1) is 7.31. The molecule has 0 unspecified atom stereocenters. The van der Waals surface area contributed by atoms with Crippen molar-refractivity contribution in [1.82, 2.24) is 4.98 Å². The largest absolute Gasteiger partial charge is 0.441 e. The lowest BCUT2D eigenvalue weighted by Crippen LogP contribution is -2.13. The zero-order valence-electron chi connectivity index (χ0n) is 8.57. The molecule has 78 valence electrons. The first kappa shape index (κ1) is 8.77. The Morgan fingerprint density at radius 2 is 2.27 bits per heavy atom. The standard InChI is InChI=1S/C12H14N2O/c13-9-4-5-11-10(7-9)14-12(15-11)6-8-2-1-3-8/h4-5,7-8H,1-3,6,13H2. The molecule has 15 heavy (non-hydrogen) atoms. The van der Waals surface area contributed by atoms with Crippen LogP contribution >= 0.6 is 0 Å². The Hall–Kier alpha value is -1.51. The predicted molar refractivity (Wildman–Crippen MR) is 59.5 cm³/mol. The number of aromatic nitrogens is 1. The van der Waals surface area contributed by atoms with E-state index in [-0.39, 0.29) is 0 Å². The summed E-state index contributed by atoms with van der Waals surface area (Å²) in [5, 5.41) is 0. The van der Waals surface area contributed by atoms with Crippen LogP contribution in [-0.4, -0.2) is 4.98 Å². The molecule has 0 amide bonds. The van der Waals surface area contributed by atoms with Crippen LogP contribution in [0.1, 0.15) is 25.2 Å². The summed E-state index contributed by atoms with van der Waals surface area (Å²) >= 11 is 0. The van der Waals surface area contributed by atoms with E-state index in [1.165, 1.54) is 19.3 Å². The van der Waals surface area contributed by atoms with E-state index in [1.54, 1.807) is 0 Å². The molecule has 2 aromatic rings. The topological polar surface area (TPSA) is 52.0 Å². The zero-order valence-corrected chi connectivity index (χ0v) is 8.57. The van der Waals surface area contributed by atoms with Gasteiger partial charge < -0.3 is 10.2 Å². The molecule has 1 heterocycles. The number of oxazole rings is 1. The van der Waals surface area contributed by atoms with E-state index >= 15 is 0 Å². The van der Waals surface area contributed by atoms with E-state index in [1.807, 2.05) is 18.2 Å². The Morgan fingerprint density at radius 3 is 3.00 bits per heavy atom. The second-order valence-corrected chi connectivity index (χ2v) is 4.34. The minimum Gasteiger partial charge on any atom is -0.441 e. The first-order valence-corrected chi connectivity index (χ1v) is 5.46. The van der Waals surface area contributed by atoms with Gasteiger partial charge in [-0.1, -0.05) is 6.42 Å². The molecule has 0 atom stereocenters. The zero-order chi connectivity index (χ0) is 10.3. The van der Waals surface area contributed by atoms with Gasteiger partial charge in [-0.05, 0) is 37.0 Å². The summed E-state index contributed by atoms with van der Waals surface area (Å²) < 4.78 is 5.66. The Bertz CT molecular complexity index is 485. The van der Waals surface area contributed by atoms with E-state index in [4.69, 9.17) is 10.2 Å². The van der Waals surface area contributed by atoms with Gasteiger partial charge in [0.15, 0.2) is 11.5 Å². The van der Waals surface area contributed by atoms with Crippen LogP contribution in [0.2, 0.25) is 0 Å². The SMILES string of the molecule is Nc1ccc2oc(CC3CCC3)nc2c1. The van der Waals surface area contributed by atoms with Gasteiger partial charge in [0.25, 0.3) is 0 Å². The van der Waals surface area contributed by atoms with E-state index in [9.17, 15) is 0 Å². The van der Waals surface area contributed by atoms with Gasteiger partial charge in [0, 0.05) is 12.1 Å². The molecule has 1 aromatic carbocycles. The highest BCUT2D eigenvalue weighted by Crippen LogP contribution is 2.30. The number of benzene rings is 1. The average Bonchev–Trinajstić information content (AvgIpc) is 2.53. The van der Waals surface area contributed by atoms with Crippen molar-refractivity contribution in [2.75, 3.05) is 5.73 Å². The van der Waals surface area contributed by atoms with Crippen LogP contribution < -0.4 is 5.73 Å². The third-order valence-electron chi connectivity index (χ3n) is 3.14. The van der Waals surface area contributed by atoms with E-state index < -0.39 is 0 Å². The molecule has 3 heteroatoms. The fraction of sp³-hybridized carbons (Fsp3) is 0.417. The molecule has 0 saturated heterocycles. The fourth-order valence-corrected chi connectivity index (χ4v) is 2.02. The first-order valence-electron chi connectivity index (χ1n) is 5.46. The van der Waals surface area contributed by atoms with Crippen LogP contribution in [0.4, 0.5) is 5.69 Å². The highest BCUT2D eigenvalue weighted by atomic mass is 16.3. The quantitative estimate of drug-likeness (QED) is 0.762. The summed E-state index contributed by atoms with van der Waals surface area (Å²) in [5.41, 5.74) is 8.16. The molecule has 0 bridgehead atoms. The molecule has 0 aliphatic heterocycles. The predicted octanol–water partition coefficient (Wildman–Crippen LogP) is 2.75. The molecule has 3 nitrogen and oxygen atoms in total. The number of rotatable bonds is 2. The van der Waals surface area contributed by atoms with Crippen molar-refractivity contribution in [3.05, 3.63) is 24.1 Å². The molecule has 1 saturated carbocycles. The smallest absolute Gasteiger partial charge is 0.195 e. The second-order valence-electron chi connectivity index (χ2n) is 4.34. The van der Waals surface area contributed by atoms with E-state index in [0.29, 0.717) is 0 Å². The normalized spacial score (nSPS) is 16.8. The molecular weight excluding hydrogens is 188 g/mol. The number of fused-ring (bicyclic) bond motifs is 1. The van der Waals surface area contributed by atoms with Gasteiger partial charge in [0.2, 0.25) is 0 Å². The minimum atomic E-state index is 0.742. The van der Waals surface area contributed by atoms with Crippen LogP contribution in [0.15, 0.2) is 22.6 Å². The second kappa shape index (κ2) is 3.26. The van der Waals surface area contributed by atoms with Crippen molar-refractivity contribution in [3.8, 4) is 0 Å². The van der Waals surface area contributed by atoms with Crippen LogP contribution in [0.3, 0.4) is 0 Å². The van der Waals surface area contributed by atoms with Gasteiger partial charge in [-0.15, -0.1) is 0 Å². The molecule has 1 aliphatic rings. The molecule has 1 aromatic heterocycles. The van der Waals surface area contributed by atoms with Gasteiger partial charge in [-0.3, -0.25) is 0 Å². The summed E-state index contributed by atoms with van der Waals surface area (Å²) in [5.74, 6) is 1.65. The van der Waals surface area contributed by atoms with Crippen molar-refractivity contribution in [2.45, 2.75) is 25.7 Å². The number of nitrogens with two attached hydrogens (primary N) is 1. The van der Waals surface area contributed by atoms with Crippen LogP contribution in [0.25, 0.3) is 11.1 Å². The Balaban J connectivity index is 1.91. The van der Waals surface area contributed by atoms with Crippen molar-refractivity contribution in [1.29, 1.82) is 0 Å². The third-order valence-corrected chi connectivity index (χ3v) is 3.14. The number of nitrogens with zero attached hydrogens (tertiary/aromatic N) is 1. The van der Waals surface area contributed by atoms with Crippen molar-refractivity contribution in [2.24, 2.45) is 5.92 Å². The highest BCUT2D eigenvalue weighted by molar-refractivity contribution is 5.76. The van der Waals surface area contributed by atoms with Crippen LogP contribution in [0, 0.1) is 5.92 Å². The molecule has 1 fully saturated rings. The lowest BCUT2D eigenvalue weighted by Gasteiger charge is -2.23. The summed E-state index contributed by atoms with van der Waals surface area (Å²) in [6.07, 6.45) is 4.98. The Kier molecular flexibility index (Phi) is 1.91. The van der Waals surface area contributed by atoms with Gasteiger partial charge in [0.05, 0.1) is 0 Å². The summed E-state index contributed by atoms with van der Waals surface area (Å²) in [6, 6.07) is 5.60. The van der Waals surface area contributed by atoms with Gasteiger partial charge in [-0.2, -0.15) is 0 Å². The van der Waals surface area contributed by atoms with Gasteiger partial charge in [0.1, 0.15) is 5.52 Å². The third kappa shape index (κ3) is 1.58. The monoisotopic (exact) mass is 202 g/mol. The molecule has 0 spiro atoms. The molecule has 1 aliphatic carbocycles. The molecule has 3 rings (SSSR count). The maximum Gasteiger partial charge on any atom is 0.195 e. The van der Waals surface area contributed by atoms with E-state index in [0.717, 1.165) is 35.0 Å². The summed E-state index contributed by atoms with van der Waals surface area (Å²) in [4.78, 5) is 4.45. The van der Waals surface area contributed by atoms with Crippen molar-refractivity contribution < 1.29 is 4.42 Å². The summed E-state index contributed by atoms with van der Waals surface area (Å²) in [6.45, 7) is 0. The number of anilines is 1.